The first-order valence-corrected chi connectivity index (χ1v) is 9.04. The molecule has 0 bridgehead atoms. The molecule has 138 valence electrons. The molecule has 1 atom stereocenters. The van der Waals surface area contributed by atoms with Crippen LogP contribution in [0.4, 0.5) is 0 Å². The van der Waals surface area contributed by atoms with Crippen molar-refractivity contribution in [3.8, 4) is 0 Å². The second-order valence-corrected chi connectivity index (χ2v) is 6.83. The summed E-state index contributed by atoms with van der Waals surface area (Å²) in [5, 5.41) is 0.500. The van der Waals surface area contributed by atoms with Gasteiger partial charge in [0.15, 0.2) is 5.43 Å². The molecule has 1 aliphatic rings. The molecule has 5 heteroatoms. The number of amides is 1. The second kappa shape index (κ2) is 7.00. The van der Waals surface area contributed by atoms with Gasteiger partial charge in [0.25, 0.3) is 5.91 Å². The van der Waals surface area contributed by atoms with E-state index in [9.17, 15) is 9.59 Å². The molecule has 4 rings (SSSR count). The molecular weight excluding hydrogens is 342 g/mol. The molecule has 3 aromatic rings. The minimum absolute atomic E-state index is 0.139. The van der Waals surface area contributed by atoms with Gasteiger partial charge >= 0.3 is 0 Å². The Labute approximate surface area is 157 Å². The number of hydrogen-bond donors (Lipinski definition) is 0. The van der Waals surface area contributed by atoms with Gasteiger partial charge in [0.2, 0.25) is 5.76 Å². The predicted octanol–water partition coefficient (Wildman–Crippen LogP) is 3.68. The third-order valence-corrected chi connectivity index (χ3v) is 5.01. The van der Waals surface area contributed by atoms with Crippen molar-refractivity contribution in [2.24, 2.45) is 0 Å². The lowest BCUT2D eigenvalue weighted by molar-refractivity contribution is 0.0708. The van der Waals surface area contributed by atoms with Crippen molar-refractivity contribution in [3.63, 3.8) is 0 Å². The minimum atomic E-state index is -0.439. The molecule has 2 aromatic carbocycles. The van der Waals surface area contributed by atoms with E-state index in [0.717, 1.165) is 11.1 Å². The van der Waals surface area contributed by atoms with E-state index in [4.69, 9.17) is 9.15 Å². The summed E-state index contributed by atoms with van der Waals surface area (Å²) in [6.45, 7) is 3.05. The van der Waals surface area contributed by atoms with Gasteiger partial charge in [-0.2, -0.15) is 0 Å². The summed E-state index contributed by atoms with van der Waals surface area (Å²) in [5.41, 5.74) is 2.77. The van der Waals surface area contributed by atoms with Gasteiger partial charge in [0.05, 0.1) is 17.0 Å². The Morgan fingerprint density at radius 2 is 1.81 bits per heavy atom. The quantitative estimate of drug-likeness (QED) is 0.649. The van der Waals surface area contributed by atoms with Crippen LogP contribution in [0.2, 0.25) is 0 Å². The average molecular weight is 363 g/mol. The molecule has 0 unspecified atom stereocenters. The van der Waals surface area contributed by atoms with E-state index in [-0.39, 0.29) is 17.1 Å². The molecule has 27 heavy (non-hydrogen) atoms. The Balaban J connectivity index is 1.90. The van der Waals surface area contributed by atoms with Crippen LogP contribution in [0, 0.1) is 6.92 Å². The van der Waals surface area contributed by atoms with Crippen LogP contribution < -0.4 is 5.43 Å². The molecule has 1 amide bonds. The lowest BCUT2D eigenvalue weighted by atomic mass is 9.97. The molecule has 0 N–H and O–H groups in total. The van der Waals surface area contributed by atoms with Gasteiger partial charge in [0, 0.05) is 20.3 Å². The fourth-order valence-corrected chi connectivity index (χ4v) is 3.67. The summed E-state index contributed by atoms with van der Waals surface area (Å²) >= 11 is 0. The third kappa shape index (κ3) is 2.94. The molecular formula is C22H21NO4. The Kier molecular flexibility index (Phi) is 4.54. The van der Waals surface area contributed by atoms with E-state index in [1.54, 1.807) is 36.3 Å². The topological polar surface area (TPSA) is 59.8 Å². The van der Waals surface area contributed by atoms with E-state index >= 15 is 0 Å². The van der Waals surface area contributed by atoms with Crippen LogP contribution in [0.3, 0.4) is 0 Å². The summed E-state index contributed by atoms with van der Waals surface area (Å²) in [7, 11) is 1.63. The van der Waals surface area contributed by atoms with E-state index in [0.29, 0.717) is 36.1 Å². The highest BCUT2D eigenvalue weighted by Crippen LogP contribution is 2.38. The number of carbonyl (C=O) groups is 1. The van der Waals surface area contributed by atoms with Gasteiger partial charge in [-0.25, -0.2) is 0 Å². The molecule has 1 aliphatic heterocycles. The van der Waals surface area contributed by atoms with E-state index in [1.165, 1.54) is 0 Å². The van der Waals surface area contributed by atoms with Gasteiger partial charge < -0.3 is 14.1 Å². The number of para-hydroxylation sites is 1. The summed E-state index contributed by atoms with van der Waals surface area (Å²) in [5.74, 6) is -0.0868. The van der Waals surface area contributed by atoms with Crippen LogP contribution in [-0.2, 0) is 4.74 Å². The molecule has 0 spiro atoms. The summed E-state index contributed by atoms with van der Waals surface area (Å²) in [6.07, 6.45) is 0.687. The van der Waals surface area contributed by atoms with Crippen LogP contribution in [0.5, 0.6) is 0 Å². The van der Waals surface area contributed by atoms with Crippen molar-refractivity contribution in [2.75, 3.05) is 20.3 Å². The van der Waals surface area contributed by atoms with Crippen molar-refractivity contribution in [2.45, 2.75) is 19.4 Å². The van der Waals surface area contributed by atoms with Gasteiger partial charge in [-0.05, 0) is 31.0 Å². The summed E-state index contributed by atoms with van der Waals surface area (Å²) < 4.78 is 11.0. The largest absolute Gasteiger partial charge is 0.450 e. The zero-order valence-electron chi connectivity index (χ0n) is 15.4. The van der Waals surface area contributed by atoms with E-state index in [2.05, 4.69) is 0 Å². The zero-order valence-corrected chi connectivity index (χ0v) is 15.4. The van der Waals surface area contributed by atoms with Gasteiger partial charge in [-0.3, -0.25) is 9.59 Å². The number of benzene rings is 2. The Morgan fingerprint density at radius 3 is 2.56 bits per heavy atom. The maximum Gasteiger partial charge on any atom is 0.290 e. The molecule has 0 radical (unpaired) electrons. The number of hydrogen-bond acceptors (Lipinski definition) is 4. The number of carbonyl (C=O) groups excluding carboxylic acids is 1. The molecule has 0 aliphatic carbocycles. The first-order chi connectivity index (χ1) is 13.1. The molecule has 5 nitrogen and oxygen atoms in total. The summed E-state index contributed by atoms with van der Waals surface area (Å²) in [6, 6.07) is 14.6. The Hall–Kier alpha value is -2.92. The van der Waals surface area contributed by atoms with Crippen LogP contribution >= 0.6 is 0 Å². The number of fused-ring (bicyclic) bond motifs is 2. The SMILES string of the molecule is COCCCN1C(=O)c2oc3ccccc3c(=O)c2[C@@H]1c1ccc(C)cc1. The van der Waals surface area contributed by atoms with Crippen molar-refractivity contribution in [1.29, 1.82) is 0 Å². The maximum absolute atomic E-state index is 13.2. The normalized spacial score (nSPS) is 16.1. The number of methoxy groups -OCH3 is 1. The highest BCUT2D eigenvalue weighted by atomic mass is 16.5. The zero-order chi connectivity index (χ0) is 19.0. The monoisotopic (exact) mass is 363 g/mol. The highest BCUT2D eigenvalue weighted by Gasteiger charge is 2.42. The van der Waals surface area contributed by atoms with Crippen molar-refractivity contribution in [1.82, 2.24) is 4.90 Å². The van der Waals surface area contributed by atoms with E-state index < -0.39 is 6.04 Å². The van der Waals surface area contributed by atoms with Crippen molar-refractivity contribution >= 4 is 16.9 Å². The first-order valence-electron chi connectivity index (χ1n) is 9.04. The van der Waals surface area contributed by atoms with Gasteiger partial charge in [-0.1, -0.05) is 42.0 Å². The summed E-state index contributed by atoms with van der Waals surface area (Å²) in [4.78, 5) is 28.0. The fourth-order valence-electron chi connectivity index (χ4n) is 3.67. The lowest BCUT2D eigenvalue weighted by Crippen LogP contribution is -2.31. The van der Waals surface area contributed by atoms with Crippen molar-refractivity contribution < 1.29 is 13.9 Å². The molecule has 0 saturated carbocycles. The fraction of sp³-hybridized carbons (Fsp3) is 0.273. The second-order valence-electron chi connectivity index (χ2n) is 6.83. The van der Waals surface area contributed by atoms with Crippen molar-refractivity contribution in [3.05, 3.63) is 81.2 Å². The maximum atomic E-state index is 13.2. The predicted molar refractivity (Wildman–Crippen MR) is 103 cm³/mol. The van der Waals surface area contributed by atoms with Crippen LogP contribution in [0.15, 0.2) is 57.7 Å². The van der Waals surface area contributed by atoms with Crippen LogP contribution in [0.1, 0.15) is 39.7 Å². The highest BCUT2D eigenvalue weighted by molar-refractivity contribution is 5.99. The van der Waals surface area contributed by atoms with E-state index in [1.807, 2.05) is 31.2 Å². The smallest absolute Gasteiger partial charge is 0.290 e. The minimum Gasteiger partial charge on any atom is -0.450 e. The number of nitrogens with zero attached hydrogens (tertiary/aromatic N) is 1. The number of ether oxygens (including phenoxy) is 1. The number of aryl methyl sites for hydroxylation is 1. The van der Waals surface area contributed by atoms with Gasteiger partial charge in [-0.15, -0.1) is 0 Å². The average Bonchev–Trinajstić information content (AvgIpc) is 2.96. The Bertz CT molecular complexity index is 1050. The number of rotatable bonds is 5. The third-order valence-electron chi connectivity index (χ3n) is 5.01. The molecule has 0 saturated heterocycles. The molecule has 2 heterocycles. The van der Waals surface area contributed by atoms with Crippen LogP contribution in [-0.4, -0.2) is 31.1 Å². The van der Waals surface area contributed by atoms with Crippen LogP contribution in [0.25, 0.3) is 11.0 Å². The molecule has 0 fully saturated rings. The van der Waals surface area contributed by atoms with Gasteiger partial charge in [0.1, 0.15) is 5.58 Å². The Morgan fingerprint density at radius 1 is 1.07 bits per heavy atom. The first kappa shape index (κ1) is 17.5. The molecule has 1 aromatic heterocycles. The lowest BCUT2D eigenvalue weighted by Gasteiger charge is -2.25. The standard InChI is InChI=1S/C22H21NO4/c1-14-8-10-15(11-9-14)19-18-20(24)16-6-3-4-7-17(16)27-21(18)22(25)23(19)12-5-13-26-2/h3-4,6-11,19H,5,12-13H2,1-2H3/t19-/m0/s1.